The molecular weight excluding hydrogens is 472 g/mol. The van der Waals surface area contributed by atoms with E-state index in [1.807, 2.05) is 25.2 Å². The van der Waals surface area contributed by atoms with Gasteiger partial charge in [0.05, 0.1) is 12.2 Å². The van der Waals surface area contributed by atoms with Gasteiger partial charge in [-0.15, -0.1) is 0 Å². The Hall–Kier alpha value is -5.12. The van der Waals surface area contributed by atoms with Gasteiger partial charge in [-0.2, -0.15) is 9.97 Å². The normalized spacial score (nSPS) is 12.8. The van der Waals surface area contributed by atoms with Crippen LogP contribution in [0.3, 0.4) is 0 Å². The highest BCUT2D eigenvalue weighted by Gasteiger charge is 2.17. The van der Waals surface area contributed by atoms with Crippen molar-refractivity contribution < 1.29 is 19.7 Å². The first-order chi connectivity index (χ1) is 17.9. The average Bonchev–Trinajstić information content (AvgIpc) is 3.31. The molecule has 4 aromatic rings. The Morgan fingerprint density at radius 3 is 2.49 bits per heavy atom. The minimum Gasteiger partial charge on any atom is -0.508 e. The summed E-state index contributed by atoms with van der Waals surface area (Å²) >= 11 is 0. The third kappa shape index (κ3) is 5.27. The van der Waals surface area contributed by atoms with Crippen LogP contribution in [0.2, 0.25) is 0 Å². The van der Waals surface area contributed by atoms with Gasteiger partial charge in [0.15, 0.2) is 11.5 Å². The van der Waals surface area contributed by atoms with Crippen LogP contribution in [-0.2, 0) is 0 Å². The number of aromatic nitrogens is 2. The van der Waals surface area contributed by atoms with Gasteiger partial charge in [-0.3, -0.25) is 10.4 Å². The van der Waals surface area contributed by atoms with Crippen molar-refractivity contribution in [2.24, 2.45) is 10.7 Å². The highest BCUT2D eigenvalue weighted by Crippen LogP contribution is 2.34. The van der Waals surface area contributed by atoms with Gasteiger partial charge in [0.25, 0.3) is 0 Å². The van der Waals surface area contributed by atoms with Crippen LogP contribution in [0.1, 0.15) is 11.1 Å². The predicted molar refractivity (Wildman–Crippen MR) is 139 cm³/mol. The van der Waals surface area contributed by atoms with Crippen molar-refractivity contribution in [3.05, 3.63) is 83.9 Å². The maximum atomic E-state index is 10.3. The molecule has 2 heterocycles. The maximum absolute atomic E-state index is 10.3. The zero-order valence-corrected chi connectivity index (χ0v) is 19.9. The van der Waals surface area contributed by atoms with Gasteiger partial charge in [0.1, 0.15) is 23.2 Å². The molecule has 0 fully saturated rings. The number of nitrogens with zero attached hydrogens (tertiary/aromatic N) is 4. The van der Waals surface area contributed by atoms with Crippen LogP contribution >= 0.6 is 0 Å². The summed E-state index contributed by atoms with van der Waals surface area (Å²) in [6.45, 7) is 1.60. The van der Waals surface area contributed by atoms with Gasteiger partial charge in [0, 0.05) is 36.3 Å². The molecule has 0 spiro atoms. The lowest BCUT2D eigenvalue weighted by Crippen LogP contribution is -2.23. The van der Waals surface area contributed by atoms with E-state index in [-0.39, 0.29) is 35.0 Å². The number of phenolic OH excluding ortho intramolecular Hbond substituents is 2. The monoisotopic (exact) mass is 496 g/mol. The number of phenols is 2. The highest BCUT2D eigenvalue weighted by atomic mass is 16.5. The number of ether oxygens (including phenoxy) is 2. The number of likely N-dealkylation sites (N-methyl/N-ethyl adjacent to an activating group) is 1. The second kappa shape index (κ2) is 9.86. The van der Waals surface area contributed by atoms with Gasteiger partial charge in [-0.25, -0.2) is 0 Å². The highest BCUT2D eigenvalue weighted by molar-refractivity contribution is 6.00. The number of nitrogens with two attached hydrogens (primary N) is 1. The first-order valence-corrected chi connectivity index (χ1v) is 11.4. The molecule has 0 aliphatic carbocycles. The van der Waals surface area contributed by atoms with E-state index in [1.54, 1.807) is 36.4 Å². The van der Waals surface area contributed by atoms with E-state index in [9.17, 15) is 10.2 Å². The summed E-state index contributed by atoms with van der Waals surface area (Å²) in [7, 11) is 1.99. The van der Waals surface area contributed by atoms with Crippen LogP contribution in [0.5, 0.6) is 34.9 Å². The molecule has 37 heavy (non-hydrogen) atoms. The zero-order valence-electron chi connectivity index (χ0n) is 19.9. The molecule has 0 saturated heterocycles. The zero-order chi connectivity index (χ0) is 25.9. The summed E-state index contributed by atoms with van der Waals surface area (Å²) in [4.78, 5) is 15.5. The molecule has 0 amide bonds. The summed E-state index contributed by atoms with van der Waals surface area (Å²) in [5.74, 6) is 1.36. The number of aliphatic imine (C=N–C) groups is 1. The van der Waals surface area contributed by atoms with Crippen molar-refractivity contribution in [2.45, 2.75) is 0 Å². The lowest BCUT2D eigenvalue weighted by atomic mass is 10.1. The van der Waals surface area contributed by atoms with E-state index >= 15 is 0 Å². The summed E-state index contributed by atoms with van der Waals surface area (Å²) in [5, 5.41) is 27.6. The molecule has 10 heteroatoms. The molecule has 1 aliphatic heterocycles. The van der Waals surface area contributed by atoms with Gasteiger partial charge >= 0.3 is 6.01 Å². The fourth-order valence-electron chi connectivity index (χ4n) is 3.81. The Morgan fingerprint density at radius 2 is 1.76 bits per heavy atom. The molecule has 0 saturated carbocycles. The van der Waals surface area contributed by atoms with Crippen molar-refractivity contribution in [1.29, 1.82) is 5.41 Å². The minimum absolute atomic E-state index is 0.0154. The Kier molecular flexibility index (Phi) is 6.29. The van der Waals surface area contributed by atoms with Crippen molar-refractivity contribution in [1.82, 2.24) is 14.9 Å². The fourth-order valence-corrected chi connectivity index (χ4v) is 3.81. The fraction of sp³-hybridized carbons (Fsp3) is 0.111. The van der Waals surface area contributed by atoms with E-state index in [0.29, 0.717) is 22.6 Å². The molecular formula is C27H24N6O4. The lowest BCUT2D eigenvalue weighted by molar-refractivity contribution is 0.387. The molecule has 0 atom stereocenters. The van der Waals surface area contributed by atoms with Crippen LogP contribution in [0.15, 0.2) is 77.8 Å². The Balaban J connectivity index is 1.52. The molecule has 186 valence electrons. The second-order valence-corrected chi connectivity index (χ2v) is 8.38. The van der Waals surface area contributed by atoms with Gasteiger partial charge in [-0.1, -0.05) is 12.1 Å². The number of aromatic hydroxyl groups is 2. The van der Waals surface area contributed by atoms with Crippen LogP contribution < -0.4 is 15.2 Å². The summed E-state index contributed by atoms with van der Waals surface area (Å²) in [5.41, 5.74) is 8.04. The van der Waals surface area contributed by atoms with Gasteiger partial charge in [-0.05, 0) is 54.6 Å². The van der Waals surface area contributed by atoms with E-state index in [1.165, 1.54) is 18.2 Å². The van der Waals surface area contributed by atoms with Crippen LogP contribution in [0, 0.1) is 5.41 Å². The summed E-state index contributed by atoms with van der Waals surface area (Å²) < 4.78 is 11.9. The number of rotatable bonds is 7. The number of nitrogen functional groups attached to an aromatic ring is 1. The number of hydrogen-bond acceptors (Lipinski definition) is 9. The average molecular weight is 497 g/mol. The Bertz CT molecular complexity index is 1500. The van der Waals surface area contributed by atoms with Gasteiger partial charge in [0.2, 0.25) is 5.88 Å². The molecule has 1 aromatic heterocycles. The third-order valence-electron chi connectivity index (χ3n) is 5.69. The first-order valence-electron chi connectivity index (χ1n) is 11.4. The minimum atomic E-state index is -0.168. The van der Waals surface area contributed by atoms with Crippen LogP contribution in [-0.4, -0.2) is 56.9 Å². The van der Waals surface area contributed by atoms with Crippen molar-refractivity contribution in [2.75, 3.05) is 20.1 Å². The van der Waals surface area contributed by atoms with Crippen LogP contribution in [0.25, 0.3) is 11.3 Å². The predicted octanol–water partition coefficient (Wildman–Crippen LogP) is 4.12. The molecule has 5 N–H and O–H groups in total. The van der Waals surface area contributed by atoms with Crippen molar-refractivity contribution in [3.8, 4) is 46.1 Å². The standard InChI is InChI=1S/C27H24N6O4/c1-33-12-11-30-26(33)18-3-2-4-20(13-18)36-27-31-21(16-5-8-19(34)9-6-16)15-24(32-27)37-23-14-17(25(28)29)7-10-22(23)35/h2-10,13-15,34-35H,11-12H2,1H3,(H3,28,29). The first kappa shape index (κ1) is 23.6. The molecule has 0 bridgehead atoms. The maximum Gasteiger partial charge on any atom is 0.325 e. The summed E-state index contributed by atoms with van der Waals surface area (Å²) in [6, 6.07) is 19.9. The number of amidine groups is 2. The van der Waals surface area contributed by atoms with E-state index in [0.717, 1.165) is 24.5 Å². The SMILES string of the molecule is CN1CCN=C1c1cccc(Oc2nc(Oc3cc(C(=N)N)ccc3O)cc(-c3ccc(O)cc3)n2)c1. The molecule has 0 radical (unpaired) electrons. The Labute approximate surface area is 212 Å². The quantitative estimate of drug-likeness (QED) is 0.220. The summed E-state index contributed by atoms with van der Waals surface area (Å²) in [6.07, 6.45) is 0. The lowest BCUT2D eigenvalue weighted by Gasteiger charge is -2.15. The largest absolute Gasteiger partial charge is 0.508 e. The number of benzene rings is 3. The number of hydrogen-bond donors (Lipinski definition) is 4. The topological polar surface area (TPSA) is 150 Å². The van der Waals surface area contributed by atoms with Gasteiger partial charge < -0.3 is 30.3 Å². The van der Waals surface area contributed by atoms with Crippen molar-refractivity contribution >= 4 is 11.7 Å². The van der Waals surface area contributed by atoms with Crippen molar-refractivity contribution in [3.63, 3.8) is 0 Å². The van der Waals surface area contributed by atoms with E-state index < -0.39 is 0 Å². The smallest absolute Gasteiger partial charge is 0.325 e. The second-order valence-electron chi connectivity index (χ2n) is 8.38. The molecule has 3 aromatic carbocycles. The molecule has 1 aliphatic rings. The van der Waals surface area contributed by atoms with Crippen LogP contribution in [0.4, 0.5) is 0 Å². The molecule has 0 unspecified atom stereocenters. The Morgan fingerprint density at radius 1 is 0.946 bits per heavy atom. The number of nitrogens with one attached hydrogen (secondary N) is 1. The third-order valence-corrected chi connectivity index (χ3v) is 5.69. The van der Waals surface area contributed by atoms with E-state index in [4.69, 9.17) is 20.6 Å². The molecule has 5 rings (SSSR count). The molecule has 10 nitrogen and oxygen atoms in total. The van der Waals surface area contributed by atoms with E-state index in [2.05, 4.69) is 19.9 Å².